The van der Waals surface area contributed by atoms with Crippen molar-refractivity contribution < 1.29 is 13.5 Å². The summed E-state index contributed by atoms with van der Waals surface area (Å²) in [6.07, 6.45) is 1.17. The second-order valence-electron chi connectivity index (χ2n) is 4.59. The number of aliphatic hydroxyl groups is 1. The van der Waals surface area contributed by atoms with Crippen LogP contribution in [-0.2, 0) is 10.2 Å². The first-order valence-electron chi connectivity index (χ1n) is 5.31. The van der Waals surface area contributed by atoms with Crippen molar-refractivity contribution in [3.8, 4) is 0 Å². The summed E-state index contributed by atoms with van der Waals surface area (Å²) < 4.78 is 27.7. The second kappa shape index (κ2) is 5.25. The van der Waals surface area contributed by atoms with Crippen LogP contribution in [0.3, 0.4) is 0 Å². The summed E-state index contributed by atoms with van der Waals surface area (Å²) >= 11 is 0. The van der Waals surface area contributed by atoms with E-state index in [1.165, 1.54) is 0 Å². The van der Waals surface area contributed by atoms with Gasteiger partial charge in [0.15, 0.2) is 0 Å². The first kappa shape index (κ1) is 12.9. The molecular weight excluding hydrogens is 216 g/mol. The largest absolute Gasteiger partial charge is 0.393 e. The molecule has 0 aliphatic heterocycles. The van der Waals surface area contributed by atoms with Gasteiger partial charge in [0.1, 0.15) is 0 Å². The first-order chi connectivity index (χ1) is 6.89. The Balaban J connectivity index is 2.18. The van der Waals surface area contributed by atoms with Crippen molar-refractivity contribution >= 4 is 10.2 Å². The van der Waals surface area contributed by atoms with Gasteiger partial charge in [-0.1, -0.05) is 13.8 Å². The molecule has 0 radical (unpaired) electrons. The highest BCUT2D eigenvalue weighted by molar-refractivity contribution is 7.87. The van der Waals surface area contributed by atoms with Crippen LogP contribution in [-0.4, -0.2) is 32.7 Å². The van der Waals surface area contributed by atoms with Crippen LogP contribution in [0, 0.1) is 11.8 Å². The average Bonchev–Trinajstić information content (AvgIpc) is 2.08. The van der Waals surface area contributed by atoms with Crippen molar-refractivity contribution in [2.24, 2.45) is 11.8 Å². The van der Waals surface area contributed by atoms with Crippen molar-refractivity contribution in [1.82, 2.24) is 9.44 Å². The maximum absolute atomic E-state index is 11.4. The Kier molecular flexibility index (Phi) is 4.51. The van der Waals surface area contributed by atoms with Crippen molar-refractivity contribution in [3.63, 3.8) is 0 Å². The number of hydrogen-bond acceptors (Lipinski definition) is 3. The third-order valence-corrected chi connectivity index (χ3v) is 3.55. The van der Waals surface area contributed by atoms with Crippen LogP contribution in [0.2, 0.25) is 0 Å². The summed E-state index contributed by atoms with van der Waals surface area (Å²) in [6.45, 7) is 4.77. The molecule has 0 amide bonds. The standard InChI is InChI=1S/C9H20N2O3S/c1-7(2)5-10-15(13,14)11-6-8-3-9(12)4-8/h7-12H,3-6H2,1-2H3. The molecule has 0 saturated heterocycles. The van der Waals surface area contributed by atoms with Gasteiger partial charge in [0, 0.05) is 13.1 Å². The van der Waals surface area contributed by atoms with Gasteiger partial charge in [-0.25, -0.2) is 9.44 Å². The first-order valence-corrected chi connectivity index (χ1v) is 6.79. The van der Waals surface area contributed by atoms with Gasteiger partial charge in [-0.2, -0.15) is 8.42 Å². The van der Waals surface area contributed by atoms with Crippen molar-refractivity contribution in [1.29, 1.82) is 0 Å². The highest BCUT2D eigenvalue weighted by Crippen LogP contribution is 2.26. The van der Waals surface area contributed by atoms with Gasteiger partial charge in [0.05, 0.1) is 6.10 Å². The predicted molar refractivity (Wildman–Crippen MR) is 58.5 cm³/mol. The molecule has 0 unspecified atom stereocenters. The Morgan fingerprint density at radius 1 is 1.33 bits per heavy atom. The zero-order valence-electron chi connectivity index (χ0n) is 9.23. The zero-order valence-corrected chi connectivity index (χ0v) is 10.0. The predicted octanol–water partition coefficient (Wildman–Crippen LogP) is -0.163. The number of rotatable bonds is 6. The molecule has 0 bridgehead atoms. The molecule has 1 fully saturated rings. The molecule has 5 nitrogen and oxygen atoms in total. The fourth-order valence-corrected chi connectivity index (χ4v) is 2.53. The zero-order chi connectivity index (χ0) is 11.5. The maximum Gasteiger partial charge on any atom is 0.276 e. The minimum atomic E-state index is -3.35. The lowest BCUT2D eigenvalue weighted by molar-refractivity contribution is 0.0453. The molecule has 1 aliphatic rings. The third-order valence-electron chi connectivity index (χ3n) is 2.45. The maximum atomic E-state index is 11.4. The molecule has 0 aromatic rings. The van der Waals surface area contributed by atoms with Crippen LogP contribution in [0.5, 0.6) is 0 Å². The Morgan fingerprint density at radius 3 is 2.40 bits per heavy atom. The van der Waals surface area contributed by atoms with E-state index < -0.39 is 10.2 Å². The van der Waals surface area contributed by atoms with Crippen LogP contribution in [0.25, 0.3) is 0 Å². The highest BCUT2D eigenvalue weighted by atomic mass is 32.2. The fourth-order valence-electron chi connectivity index (χ4n) is 1.42. The van der Waals surface area contributed by atoms with E-state index in [-0.39, 0.29) is 12.0 Å². The van der Waals surface area contributed by atoms with E-state index >= 15 is 0 Å². The fraction of sp³-hybridized carbons (Fsp3) is 1.00. The molecule has 15 heavy (non-hydrogen) atoms. The molecule has 90 valence electrons. The lowest BCUT2D eigenvalue weighted by atomic mass is 9.83. The molecule has 0 aromatic heterocycles. The number of nitrogens with one attached hydrogen (secondary N) is 2. The van der Waals surface area contributed by atoms with E-state index in [4.69, 9.17) is 5.11 Å². The molecule has 1 saturated carbocycles. The van der Waals surface area contributed by atoms with Crippen molar-refractivity contribution in [2.45, 2.75) is 32.8 Å². The van der Waals surface area contributed by atoms with E-state index in [9.17, 15) is 8.42 Å². The van der Waals surface area contributed by atoms with Gasteiger partial charge >= 0.3 is 0 Å². The van der Waals surface area contributed by atoms with Gasteiger partial charge in [-0.3, -0.25) is 0 Å². The molecule has 0 spiro atoms. The SMILES string of the molecule is CC(C)CNS(=O)(=O)NCC1CC(O)C1. The summed E-state index contributed by atoms with van der Waals surface area (Å²) in [6, 6.07) is 0. The summed E-state index contributed by atoms with van der Waals surface area (Å²) in [5, 5.41) is 9.03. The van der Waals surface area contributed by atoms with Gasteiger partial charge in [-0.15, -0.1) is 0 Å². The Morgan fingerprint density at radius 2 is 1.93 bits per heavy atom. The summed E-state index contributed by atoms with van der Waals surface area (Å²) in [5.41, 5.74) is 0. The van der Waals surface area contributed by atoms with E-state index in [0.29, 0.717) is 31.8 Å². The van der Waals surface area contributed by atoms with Gasteiger partial charge in [-0.05, 0) is 24.7 Å². The number of hydrogen-bond donors (Lipinski definition) is 3. The molecule has 6 heteroatoms. The molecule has 0 aromatic carbocycles. The molecule has 1 aliphatic carbocycles. The Hall–Kier alpha value is -0.170. The van der Waals surface area contributed by atoms with E-state index in [0.717, 1.165) is 0 Å². The second-order valence-corrected chi connectivity index (χ2v) is 6.17. The quantitative estimate of drug-likeness (QED) is 0.599. The molecule has 0 heterocycles. The normalized spacial score (nSPS) is 26.7. The van der Waals surface area contributed by atoms with Crippen LogP contribution in [0.15, 0.2) is 0 Å². The monoisotopic (exact) mass is 236 g/mol. The van der Waals surface area contributed by atoms with Crippen LogP contribution < -0.4 is 9.44 Å². The Labute approximate surface area is 91.4 Å². The van der Waals surface area contributed by atoms with Crippen molar-refractivity contribution in [3.05, 3.63) is 0 Å². The van der Waals surface area contributed by atoms with Crippen LogP contribution in [0.1, 0.15) is 26.7 Å². The smallest absolute Gasteiger partial charge is 0.276 e. The topological polar surface area (TPSA) is 78.4 Å². The summed E-state index contributed by atoms with van der Waals surface area (Å²) in [5.74, 6) is 0.586. The Bertz CT molecular complexity index is 284. The molecular formula is C9H20N2O3S. The summed E-state index contributed by atoms with van der Waals surface area (Å²) in [4.78, 5) is 0. The molecule has 3 N–H and O–H groups in total. The van der Waals surface area contributed by atoms with Gasteiger partial charge in [0.25, 0.3) is 10.2 Å². The average molecular weight is 236 g/mol. The van der Waals surface area contributed by atoms with Crippen LogP contribution >= 0.6 is 0 Å². The lowest BCUT2D eigenvalue weighted by Gasteiger charge is -2.31. The third kappa shape index (κ3) is 4.92. The molecule has 0 atom stereocenters. The number of aliphatic hydroxyl groups excluding tert-OH is 1. The lowest BCUT2D eigenvalue weighted by Crippen LogP contribution is -2.43. The molecule has 1 rings (SSSR count). The van der Waals surface area contributed by atoms with E-state index in [2.05, 4.69) is 9.44 Å². The van der Waals surface area contributed by atoms with Crippen LogP contribution in [0.4, 0.5) is 0 Å². The van der Waals surface area contributed by atoms with Crippen molar-refractivity contribution in [2.75, 3.05) is 13.1 Å². The van der Waals surface area contributed by atoms with Gasteiger partial charge < -0.3 is 5.11 Å². The minimum Gasteiger partial charge on any atom is -0.393 e. The minimum absolute atomic E-state index is 0.233. The highest BCUT2D eigenvalue weighted by Gasteiger charge is 2.27. The van der Waals surface area contributed by atoms with Gasteiger partial charge in [0.2, 0.25) is 0 Å². The van der Waals surface area contributed by atoms with E-state index in [1.54, 1.807) is 0 Å². The summed E-state index contributed by atoms with van der Waals surface area (Å²) in [7, 11) is -3.35. The van der Waals surface area contributed by atoms with E-state index in [1.807, 2.05) is 13.8 Å².